The van der Waals surface area contributed by atoms with Crippen LogP contribution in [0.2, 0.25) is 0 Å². The van der Waals surface area contributed by atoms with Gasteiger partial charge in [0.1, 0.15) is 35.2 Å². The summed E-state index contributed by atoms with van der Waals surface area (Å²) in [6.45, 7) is 19.4. The first-order valence-corrected chi connectivity index (χ1v) is 32.2. The standard InChI is InChI=1S/C67H103N11O14/c1-38(2)31-48-36-71-51(27-28-53(68)81)57(85)56(84)42(6)74-61(89)46(32-47-35-70-50-26-22-21-25-49(47)50)33-52(80)66(12,34-39(3)79)29-23-19-17-15-14-16-18-20-24-30-67(13,78-62(48)90)64(92)77-45(9)60(88)76-44(8)59(87)75-43(7)58(86)73-41(5)55(83)54(82)40(4)72-37-65(10,11)63(69)91/h16,18,21-22,25-26,35,38,40-46,48,51,70-72H,14-15,17,19-20,23-24,27-34,36-37H2,1-13H3,(H2,68,81)(H2,69,91)(H,73,86)(H,74,89)(H,75,87)(H,76,88)(H,77,92)(H,78,90)/b18-16+/t40-,41-,42?,43?,44-,45?,46+,48+,51-,66-,67-/m0/s1. The van der Waals surface area contributed by atoms with E-state index in [1.807, 2.05) is 50.3 Å². The normalized spacial score (nSPS) is 23.7. The van der Waals surface area contributed by atoms with Crippen LogP contribution in [0.25, 0.3) is 10.9 Å². The molecule has 1 aromatic heterocycles. The van der Waals surface area contributed by atoms with Crippen molar-refractivity contribution in [3.05, 3.63) is 48.2 Å². The Kier molecular flexibility index (Phi) is 31.1. The quantitative estimate of drug-likeness (QED) is 0.0530. The van der Waals surface area contributed by atoms with Gasteiger partial charge in [0.05, 0.1) is 35.5 Å². The summed E-state index contributed by atoms with van der Waals surface area (Å²) < 4.78 is 0. The molecule has 1 aliphatic rings. The summed E-state index contributed by atoms with van der Waals surface area (Å²) in [6, 6.07) is -1.44. The Morgan fingerprint density at radius 1 is 0.685 bits per heavy atom. The number of hydrogen-bond acceptors (Lipinski definition) is 16. The fourth-order valence-corrected chi connectivity index (χ4v) is 10.9. The molecule has 0 radical (unpaired) electrons. The Hall–Kier alpha value is -7.80. The van der Waals surface area contributed by atoms with Gasteiger partial charge >= 0.3 is 0 Å². The lowest BCUT2D eigenvalue weighted by Gasteiger charge is -2.33. The molecule has 92 heavy (non-hydrogen) atoms. The van der Waals surface area contributed by atoms with Crippen molar-refractivity contribution in [2.45, 2.75) is 234 Å². The smallest absolute Gasteiger partial charge is 0.246 e. The number of aromatic nitrogens is 1. The predicted molar refractivity (Wildman–Crippen MR) is 347 cm³/mol. The maximum absolute atomic E-state index is 14.6. The van der Waals surface area contributed by atoms with Crippen LogP contribution in [0.3, 0.4) is 0 Å². The summed E-state index contributed by atoms with van der Waals surface area (Å²) in [5.41, 5.74) is 8.73. The first-order chi connectivity index (χ1) is 42.9. The van der Waals surface area contributed by atoms with Gasteiger partial charge in [-0.25, -0.2) is 0 Å². The molecule has 2 heterocycles. The van der Waals surface area contributed by atoms with Gasteiger partial charge in [0.15, 0.2) is 0 Å². The molecule has 0 fully saturated rings. The predicted octanol–water partition coefficient (Wildman–Crippen LogP) is 3.40. The Balaban J connectivity index is 1.88. The Morgan fingerprint density at radius 3 is 1.84 bits per heavy atom. The van der Waals surface area contributed by atoms with Crippen molar-refractivity contribution in [3.8, 4) is 0 Å². The zero-order valence-electron chi connectivity index (χ0n) is 56.2. The number of amides is 8. The summed E-state index contributed by atoms with van der Waals surface area (Å²) >= 11 is 0. The lowest BCUT2D eigenvalue weighted by Crippen LogP contribution is -2.62. The van der Waals surface area contributed by atoms with Crippen LogP contribution in [0.15, 0.2) is 42.6 Å². The SMILES string of the molecule is CC(=O)C[C@]1(C)CCCCCC/C=C/CCC[C@@](C)(C(=O)NC(C)C(=O)N[C@@H](C)C(=O)NC(C)C(=O)N[C@@H](C)C(=O)C(=O)[C@H](C)NCC(C)(C)C(N)=O)NC(=O)[C@H](CC(C)C)CN[C@@H](CCC(N)=O)C(=O)C(=O)C(C)NC(=O)[C@H](Cc2c[nH]c3ccccc23)CC1=O. The van der Waals surface area contributed by atoms with Crippen molar-refractivity contribution in [1.82, 2.24) is 47.5 Å². The lowest BCUT2D eigenvalue weighted by molar-refractivity contribution is -0.141. The highest BCUT2D eigenvalue weighted by atomic mass is 16.2. The second-order valence-corrected chi connectivity index (χ2v) is 26.7. The van der Waals surface area contributed by atoms with E-state index >= 15 is 0 Å². The van der Waals surface area contributed by atoms with Crippen molar-refractivity contribution in [3.63, 3.8) is 0 Å². The number of primary amides is 2. The number of nitrogens with two attached hydrogens (primary N) is 2. The molecule has 1 aliphatic heterocycles. The number of Topliss-reactive ketones (excluding diaryl/α,β-unsaturated/α-hetero) is 6. The molecule has 25 nitrogen and oxygen atoms in total. The summed E-state index contributed by atoms with van der Waals surface area (Å²) in [5, 5.41) is 22.3. The number of allylic oxidation sites excluding steroid dienone is 2. The van der Waals surface area contributed by atoms with Gasteiger partial charge in [0.25, 0.3) is 0 Å². The average Bonchev–Trinajstić information content (AvgIpc) is 1.63. The average molecular weight is 1290 g/mol. The van der Waals surface area contributed by atoms with Crippen molar-refractivity contribution in [1.29, 1.82) is 0 Å². The van der Waals surface area contributed by atoms with E-state index in [9.17, 15) is 67.1 Å². The molecule has 8 amide bonds. The van der Waals surface area contributed by atoms with Gasteiger partial charge in [-0.05, 0) is 145 Å². The highest BCUT2D eigenvalue weighted by Crippen LogP contribution is 2.35. The highest BCUT2D eigenvalue weighted by Gasteiger charge is 2.41. The molecule has 510 valence electrons. The molecule has 0 saturated carbocycles. The number of fused-ring (bicyclic) bond motifs is 1. The van der Waals surface area contributed by atoms with Gasteiger partial charge < -0.3 is 59.0 Å². The van der Waals surface area contributed by atoms with Crippen molar-refractivity contribution in [2.75, 3.05) is 13.1 Å². The third kappa shape index (κ3) is 24.7. The maximum Gasteiger partial charge on any atom is 0.246 e. The van der Waals surface area contributed by atoms with Crippen LogP contribution < -0.4 is 54.0 Å². The van der Waals surface area contributed by atoms with E-state index in [-0.39, 0.29) is 75.5 Å². The minimum Gasteiger partial charge on any atom is -0.370 e. The van der Waals surface area contributed by atoms with Crippen LogP contribution in [0.5, 0.6) is 0 Å². The Morgan fingerprint density at radius 2 is 1.25 bits per heavy atom. The summed E-state index contributed by atoms with van der Waals surface area (Å²) in [6.07, 6.45) is 10.3. The van der Waals surface area contributed by atoms with E-state index < -0.39 is 141 Å². The van der Waals surface area contributed by atoms with E-state index in [1.165, 1.54) is 55.4 Å². The van der Waals surface area contributed by atoms with Crippen molar-refractivity contribution >= 4 is 92.9 Å². The Labute approximate surface area is 540 Å². The molecule has 0 saturated heterocycles. The van der Waals surface area contributed by atoms with Gasteiger partial charge in [0.2, 0.25) is 70.4 Å². The zero-order valence-corrected chi connectivity index (χ0v) is 56.2. The number of para-hydroxylation sites is 1. The molecule has 0 bridgehead atoms. The number of carbonyl (C=O) groups excluding carboxylic acids is 14. The van der Waals surface area contributed by atoms with Gasteiger partial charge in [-0.3, -0.25) is 67.1 Å². The summed E-state index contributed by atoms with van der Waals surface area (Å²) in [7, 11) is 0. The molecule has 0 aliphatic carbocycles. The first-order valence-electron chi connectivity index (χ1n) is 32.2. The molecular weight excluding hydrogens is 1180 g/mol. The number of H-pyrrole nitrogens is 1. The third-order valence-electron chi connectivity index (χ3n) is 17.1. The number of aromatic amines is 1. The topological polar surface area (TPSA) is 403 Å². The van der Waals surface area contributed by atoms with Crippen molar-refractivity contribution in [2.24, 2.45) is 40.1 Å². The van der Waals surface area contributed by atoms with Gasteiger partial charge in [-0.2, -0.15) is 0 Å². The van der Waals surface area contributed by atoms with Crippen LogP contribution in [0.4, 0.5) is 0 Å². The van der Waals surface area contributed by atoms with Crippen LogP contribution in [0, 0.1) is 28.6 Å². The second kappa shape index (κ2) is 36.4. The lowest BCUT2D eigenvalue weighted by atomic mass is 9.73. The number of ketones is 6. The number of hydrogen-bond donors (Lipinski definition) is 11. The molecule has 3 unspecified atom stereocenters. The second-order valence-electron chi connectivity index (χ2n) is 26.7. The fourth-order valence-electron chi connectivity index (χ4n) is 10.9. The van der Waals surface area contributed by atoms with E-state index in [0.29, 0.717) is 25.7 Å². The van der Waals surface area contributed by atoms with Crippen LogP contribution in [-0.2, 0) is 73.5 Å². The molecule has 25 heteroatoms. The van der Waals surface area contributed by atoms with Gasteiger partial charge in [-0.15, -0.1) is 0 Å². The third-order valence-corrected chi connectivity index (χ3v) is 17.1. The van der Waals surface area contributed by atoms with E-state index in [0.717, 1.165) is 42.1 Å². The number of rotatable bonds is 24. The fraction of sp³-hybridized carbons (Fsp3) is 0.642. The molecule has 0 spiro atoms. The monoisotopic (exact) mass is 1290 g/mol. The van der Waals surface area contributed by atoms with Gasteiger partial charge in [0, 0.05) is 60.8 Å². The Bertz CT molecular complexity index is 3030. The first kappa shape index (κ1) is 78.4. The summed E-state index contributed by atoms with van der Waals surface area (Å²) in [5.74, 6) is -12.2. The molecule has 1 aromatic carbocycles. The minimum absolute atomic E-state index is 0.00538. The van der Waals surface area contributed by atoms with E-state index in [4.69, 9.17) is 11.5 Å². The largest absolute Gasteiger partial charge is 0.370 e. The van der Waals surface area contributed by atoms with E-state index in [2.05, 4.69) is 47.5 Å². The van der Waals surface area contributed by atoms with E-state index in [1.54, 1.807) is 27.0 Å². The van der Waals surface area contributed by atoms with Gasteiger partial charge in [-0.1, -0.05) is 70.4 Å². The number of nitrogens with one attached hydrogen (secondary N) is 9. The minimum atomic E-state index is -1.67. The summed E-state index contributed by atoms with van der Waals surface area (Å²) in [4.78, 5) is 192. The van der Waals surface area contributed by atoms with Crippen LogP contribution >= 0.6 is 0 Å². The molecule has 3 rings (SSSR count). The molecule has 2 aromatic rings. The number of carbonyl (C=O) groups is 14. The highest BCUT2D eigenvalue weighted by molar-refractivity contribution is 6.41. The number of benzene rings is 1. The molecular formula is C67H103N11O14. The molecule has 13 N–H and O–H groups in total. The molecule has 11 atom stereocenters. The van der Waals surface area contributed by atoms with Crippen LogP contribution in [-0.4, -0.2) is 148 Å². The van der Waals surface area contributed by atoms with Crippen LogP contribution in [0.1, 0.15) is 185 Å². The zero-order chi connectivity index (χ0) is 69.4. The maximum atomic E-state index is 14.6. The van der Waals surface area contributed by atoms with Crippen molar-refractivity contribution < 1.29 is 67.1 Å².